The summed E-state index contributed by atoms with van der Waals surface area (Å²) in [5, 5.41) is 0. The number of pyridine rings is 1. The minimum atomic E-state index is -0.0375. The Hall–Kier alpha value is -0.930. The average molecular weight is 194 g/mol. The van der Waals surface area contributed by atoms with Crippen LogP contribution in [0.4, 0.5) is 0 Å². The maximum absolute atomic E-state index is 5.98. The average Bonchev–Trinajstić information content (AvgIpc) is 2.18. The molecule has 0 aromatic carbocycles. The molecule has 0 saturated carbocycles. The second kappa shape index (κ2) is 5.73. The van der Waals surface area contributed by atoms with Crippen LogP contribution in [0.1, 0.15) is 30.5 Å². The Bertz CT molecular complexity index is 276. The van der Waals surface area contributed by atoms with Crippen LogP contribution in [0.2, 0.25) is 0 Å². The van der Waals surface area contributed by atoms with Gasteiger partial charge in [-0.2, -0.15) is 0 Å². The Balaban J connectivity index is 2.51. The van der Waals surface area contributed by atoms with Crippen molar-refractivity contribution in [3.8, 4) is 0 Å². The molecular weight excluding hydrogens is 176 g/mol. The number of aryl methyl sites for hydroxylation is 1. The molecular formula is C11H18N2O. The van der Waals surface area contributed by atoms with E-state index in [4.69, 9.17) is 10.5 Å². The first-order valence-electron chi connectivity index (χ1n) is 4.99. The summed E-state index contributed by atoms with van der Waals surface area (Å²) in [6.07, 6.45) is 4.62. The number of rotatable bonds is 5. The number of aromatic nitrogens is 1. The molecule has 1 aromatic heterocycles. The quantitative estimate of drug-likeness (QED) is 0.727. The molecule has 0 aliphatic rings. The van der Waals surface area contributed by atoms with Crippen molar-refractivity contribution in [3.63, 3.8) is 0 Å². The molecule has 0 amide bonds. The lowest BCUT2D eigenvalue weighted by Crippen LogP contribution is -2.18. The van der Waals surface area contributed by atoms with Crippen molar-refractivity contribution in [2.45, 2.75) is 26.3 Å². The van der Waals surface area contributed by atoms with Crippen molar-refractivity contribution in [2.24, 2.45) is 5.73 Å². The van der Waals surface area contributed by atoms with Crippen molar-refractivity contribution < 1.29 is 4.74 Å². The third kappa shape index (κ3) is 3.09. The predicted octanol–water partition coefficient (Wildman–Crippen LogP) is 1.82. The van der Waals surface area contributed by atoms with E-state index in [0.717, 1.165) is 24.2 Å². The third-order valence-electron chi connectivity index (χ3n) is 2.11. The van der Waals surface area contributed by atoms with E-state index < -0.39 is 0 Å². The molecule has 0 fully saturated rings. The van der Waals surface area contributed by atoms with Crippen LogP contribution >= 0.6 is 0 Å². The summed E-state index contributed by atoms with van der Waals surface area (Å²) in [7, 11) is 0. The summed E-state index contributed by atoms with van der Waals surface area (Å²) < 4.78 is 5.41. The highest BCUT2D eigenvalue weighted by Gasteiger charge is 2.07. The first kappa shape index (κ1) is 11.1. The van der Waals surface area contributed by atoms with Gasteiger partial charge >= 0.3 is 0 Å². The zero-order valence-electron chi connectivity index (χ0n) is 8.86. The molecule has 3 nitrogen and oxygen atoms in total. The van der Waals surface area contributed by atoms with E-state index in [-0.39, 0.29) is 6.04 Å². The minimum absolute atomic E-state index is 0.0375. The molecule has 1 unspecified atom stereocenters. The molecule has 1 atom stereocenters. The number of hydrogen-bond donors (Lipinski definition) is 1. The molecule has 0 spiro atoms. The third-order valence-corrected chi connectivity index (χ3v) is 2.11. The normalized spacial score (nSPS) is 12.8. The summed E-state index contributed by atoms with van der Waals surface area (Å²) in [6.45, 7) is 5.46. The smallest absolute Gasteiger partial charge is 0.0659 e. The first-order chi connectivity index (χ1) is 6.75. The van der Waals surface area contributed by atoms with Gasteiger partial charge in [-0.15, -0.1) is 0 Å². The summed E-state index contributed by atoms with van der Waals surface area (Å²) >= 11 is 0. The molecule has 3 heteroatoms. The fourth-order valence-electron chi connectivity index (χ4n) is 1.34. The molecule has 0 saturated heterocycles. The van der Waals surface area contributed by atoms with Gasteiger partial charge in [0.1, 0.15) is 0 Å². The van der Waals surface area contributed by atoms with Gasteiger partial charge in [-0.05, 0) is 30.5 Å². The first-order valence-corrected chi connectivity index (χ1v) is 4.99. The molecule has 1 rings (SSSR count). The van der Waals surface area contributed by atoms with Gasteiger partial charge in [0, 0.05) is 19.0 Å². The fourth-order valence-corrected chi connectivity index (χ4v) is 1.34. The highest BCUT2D eigenvalue weighted by molar-refractivity contribution is 5.24. The van der Waals surface area contributed by atoms with Crippen molar-refractivity contribution >= 4 is 0 Å². The molecule has 0 bridgehead atoms. The van der Waals surface area contributed by atoms with E-state index >= 15 is 0 Å². The molecule has 14 heavy (non-hydrogen) atoms. The van der Waals surface area contributed by atoms with Gasteiger partial charge in [0.2, 0.25) is 0 Å². The number of ether oxygens (including phenoxy) is 1. The van der Waals surface area contributed by atoms with E-state index in [9.17, 15) is 0 Å². The fraction of sp³-hybridized carbons (Fsp3) is 0.545. The van der Waals surface area contributed by atoms with Crippen LogP contribution in [0, 0.1) is 6.92 Å². The topological polar surface area (TPSA) is 48.1 Å². The van der Waals surface area contributed by atoms with Gasteiger partial charge < -0.3 is 10.5 Å². The Labute approximate surface area is 85.3 Å². The van der Waals surface area contributed by atoms with Gasteiger partial charge in [0.15, 0.2) is 0 Å². The Morgan fingerprint density at radius 2 is 2.36 bits per heavy atom. The Morgan fingerprint density at radius 1 is 1.57 bits per heavy atom. The lowest BCUT2D eigenvalue weighted by atomic mass is 10.1. The van der Waals surface area contributed by atoms with Crippen LogP contribution in [-0.4, -0.2) is 18.2 Å². The summed E-state index contributed by atoms with van der Waals surface area (Å²) in [4.78, 5) is 4.03. The van der Waals surface area contributed by atoms with E-state index in [2.05, 4.69) is 11.9 Å². The highest BCUT2D eigenvalue weighted by Crippen LogP contribution is 2.13. The number of nitrogens with two attached hydrogens (primary N) is 1. The molecule has 2 N–H and O–H groups in total. The van der Waals surface area contributed by atoms with Gasteiger partial charge in [-0.25, -0.2) is 0 Å². The van der Waals surface area contributed by atoms with Crippen LogP contribution in [0.15, 0.2) is 18.5 Å². The van der Waals surface area contributed by atoms with E-state index in [1.54, 1.807) is 6.20 Å². The minimum Gasteiger partial charge on any atom is -0.379 e. The van der Waals surface area contributed by atoms with Gasteiger partial charge in [-0.1, -0.05) is 6.92 Å². The summed E-state index contributed by atoms with van der Waals surface area (Å²) in [5.74, 6) is 0. The monoisotopic (exact) mass is 194 g/mol. The summed E-state index contributed by atoms with van der Waals surface area (Å²) in [6, 6.07) is 1.92. The molecule has 78 valence electrons. The maximum Gasteiger partial charge on any atom is 0.0659 e. The zero-order valence-corrected chi connectivity index (χ0v) is 8.86. The van der Waals surface area contributed by atoms with Crippen LogP contribution < -0.4 is 5.73 Å². The Kier molecular flexibility index (Phi) is 4.56. The SMILES string of the molecule is CCCOCC(N)c1ccncc1C. The molecule has 1 aromatic rings. The van der Waals surface area contributed by atoms with Crippen LogP contribution in [0.25, 0.3) is 0 Å². The molecule has 0 aliphatic heterocycles. The van der Waals surface area contributed by atoms with Crippen LogP contribution in [-0.2, 0) is 4.74 Å². The van der Waals surface area contributed by atoms with Gasteiger partial charge in [0.25, 0.3) is 0 Å². The number of hydrogen-bond acceptors (Lipinski definition) is 3. The maximum atomic E-state index is 5.98. The van der Waals surface area contributed by atoms with Crippen molar-refractivity contribution in [1.82, 2.24) is 4.98 Å². The summed E-state index contributed by atoms with van der Waals surface area (Å²) in [5.41, 5.74) is 8.23. The van der Waals surface area contributed by atoms with E-state index in [1.807, 2.05) is 19.2 Å². The Morgan fingerprint density at radius 3 is 3.00 bits per heavy atom. The van der Waals surface area contributed by atoms with Gasteiger partial charge in [0.05, 0.1) is 12.6 Å². The standard InChI is InChI=1S/C11H18N2O/c1-3-6-14-8-11(12)10-4-5-13-7-9(10)2/h4-5,7,11H,3,6,8,12H2,1-2H3. The van der Waals surface area contributed by atoms with Crippen molar-refractivity contribution in [2.75, 3.05) is 13.2 Å². The van der Waals surface area contributed by atoms with E-state index in [1.165, 1.54) is 0 Å². The zero-order chi connectivity index (χ0) is 10.4. The lowest BCUT2D eigenvalue weighted by Gasteiger charge is -2.14. The lowest BCUT2D eigenvalue weighted by molar-refractivity contribution is 0.121. The van der Waals surface area contributed by atoms with Crippen molar-refractivity contribution in [1.29, 1.82) is 0 Å². The van der Waals surface area contributed by atoms with Crippen LogP contribution in [0.3, 0.4) is 0 Å². The highest BCUT2D eigenvalue weighted by atomic mass is 16.5. The van der Waals surface area contributed by atoms with Crippen LogP contribution in [0.5, 0.6) is 0 Å². The molecule has 0 aliphatic carbocycles. The number of nitrogens with zero attached hydrogens (tertiary/aromatic N) is 1. The second-order valence-electron chi connectivity index (χ2n) is 3.41. The predicted molar refractivity (Wildman–Crippen MR) is 57.0 cm³/mol. The van der Waals surface area contributed by atoms with E-state index in [0.29, 0.717) is 6.61 Å². The van der Waals surface area contributed by atoms with Gasteiger partial charge in [-0.3, -0.25) is 4.98 Å². The van der Waals surface area contributed by atoms with Crippen molar-refractivity contribution in [3.05, 3.63) is 29.6 Å². The largest absolute Gasteiger partial charge is 0.379 e. The molecule has 1 heterocycles. The second-order valence-corrected chi connectivity index (χ2v) is 3.41. The molecule has 0 radical (unpaired) electrons.